The molecule has 1 aliphatic carbocycles. The van der Waals surface area contributed by atoms with Crippen molar-refractivity contribution in [2.45, 2.75) is 38.2 Å². The third-order valence-corrected chi connectivity index (χ3v) is 1.86. The van der Waals surface area contributed by atoms with Gasteiger partial charge in [0, 0.05) is 6.42 Å². The van der Waals surface area contributed by atoms with Crippen LogP contribution in [0.15, 0.2) is 11.8 Å². The van der Waals surface area contributed by atoms with Crippen LogP contribution in [0.1, 0.15) is 32.1 Å². The highest BCUT2D eigenvalue weighted by Crippen LogP contribution is 2.15. The molecule has 0 amide bonds. The second kappa shape index (κ2) is 3.62. The van der Waals surface area contributed by atoms with E-state index in [1.807, 2.05) is 6.08 Å². The molecule has 10 heavy (non-hydrogen) atoms. The van der Waals surface area contributed by atoms with Crippen LogP contribution in [0.25, 0.3) is 0 Å². The molecule has 2 N–H and O–H groups in total. The Kier molecular flexibility index (Phi) is 2.75. The Balaban J connectivity index is 2.39. The molecule has 0 saturated carbocycles. The second-order valence-corrected chi connectivity index (χ2v) is 2.82. The predicted octanol–water partition coefficient (Wildman–Crippen LogP) is 1.75. The highest BCUT2D eigenvalue weighted by Gasteiger charge is 2.07. The van der Waals surface area contributed by atoms with Crippen LogP contribution in [0.5, 0.6) is 0 Å². The molecule has 1 unspecified atom stereocenters. The van der Waals surface area contributed by atoms with Gasteiger partial charge in [-0.2, -0.15) is 0 Å². The van der Waals surface area contributed by atoms with Crippen LogP contribution in [0, 0.1) is 0 Å². The van der Waals surface area contributed by atoms with E-state index in [1.165, 1.54) is 0 Å². The minimum atomic E-state index is -0.198. The standard InChI is InChI=1S/C8H14O2/c9-7-3-1-2-4-8(10)6-5-7/h3,8-10H,1-2,4-6H2. The summed E-state index contributed by atoms with van der Waals surface area (Å²) in [4.78, 5) is 0. The Morgan fingerprint density at radius 3 is 3.00 bits per heavy atom. The molecule has 0 bridgehead atoms. The van der Waals surface area contributed by atoms with Crippen LogP contribution in [0.3, 0.4) is 0 Å². The van der Waals surface area contributed by atoms with Crippen molar-refractivity contribution in [2.75, 3.05) is 0 Å². The SMILES string of the molecule is OC1=CCCCC(O)CC1. The smallest absolute Gasteiger partial charge is 0.0883 e. The normalized spacial score (nSPS) is 28.5. The summed E-state index contributed by atoms with van der Waals surface area (Å²) in [6.45, 7) is 0. The number of aliphatic hydroxyl groups excluding tert-OH is 2. The first-order valence-electron chi connectivity index (χ1n) is 3.85. The topological polar surface area (TPSA) is 40.5 Å². The van der Waals surface area contributed by atoms with Gasteiger partial charge in [0.2, 0.25) is 0 Å². The van der Waals surface area contributed by atoms with Gasteiger partial charge in [-0.3, -0.25) is 0 Å². The fraction of sp³-hybridized carbons (Fsp3) is 0.750. The molecule has 0 radical (unpaired) electrons. The molecular formula is C8H14O2. The number of allylic oxidation sites excluding steroid dienone is 2. The zero-order valence-electron chi connectivity index (χ0n) is 6.08. The van der Waals surface area contributed by atoms with E-state index < -0.39 is 0 Å². The highest BCUT2D eigenvalue weighted by molar-refractivity contribution is 4.92. The Hall–Kier alpha value is -0.500. The summed E-state index contributed by atoms with van der Waals surface area (Å²) >= 11 is 0. The lowest BCUT2D eigenvalue weighted by Crippen LogP contribution is -2.08. The van der Waals surface area contributed by atoms with Gasteiger partial charge < -0.3 is 10.2 Å². The first-order valence-corrected chi connectivity index (χ1v) is 3.85. The quantitative estimate of drug-likeness (QED) is 0.541. The zero-order chi connectivity index (χ0) is 7.40. The van der Waals surface area contributed by atoms with E-state index in [1.54, 1.807) is 0 Å². The summed E-state index contributed by atoms with van der Waals surface area (Å²) in [5.41, 5.74) is 0. The van der Waals surface area contributed by atoms with Gasteiger partial charge in [0.1, 0.15) is 0 Å². The molecule has 1 rings (SSSR count). The first-order chi connectivity index (χ1) is 4.79. The lowest BCUT2D eigenvalue weighted by molar-refractivity contribution is 0.145. The van der Waals surface area contributed by atoms with Gasteiger partial charge in [-0.15, -0.1) is 0 Å². The number of hydrogen-bond donors (Lipinski definition) is 2. The summed E-state index contributed by atoms with van der Waals surface area (Å²) in [6.07, 6.45) is 5.78. The van der Waals surface area contributed by atoms with E-state index >= 15 is 0 Å². The van der Waals surface area contributed by atoms with Gasteiger partial charge in [-0.1, -0.05) is 0 Å². The Bertz CT molecular complexity index is 129. The van der Waals surface area contributed by atoms with Crippen molar-refractivity contribution in [1.29, 1.82) is 0 Å². The summed E-state index contributed by atoms with van der Waals surface area (Å²) in [5, 5.41) is 18.3. The van der Waals surface area contributed by atoms with Crippen molar-refractivity contribution in [3.05, 3.63) is 11.8 Å². The summed E-state index contributed by atoms with van der Waals surface area (Å²) in [7, 11) is 0. The molecule has 0 aromatic carbocycles. The predicted molar refractivity (Wildman–Crippen MR) is 39.8 cm³/mol. The third-order valence-electron chi connectivity index (χ3n) is 1.86. The van der Waals surface area contributed by atoms with Gasteiger partial charge in [0.05, 0.1) is 11.9 Å². The van der Waals surface area contributed by atoms with Gasteiger partial charge >= 0.3 is 0 Å². The second-order valence-electron chi connectivity index (χ2n) is 2.82. The molecule has 0 saturated heterocycles. The van der Waals surface area contributed by atoms with Crippen LogP contribution in [-0.2, 0) is 0 Å². The van der Waals surface area contributed by atoms with Crippen molar-refractivity contribution >= 4 is 0 Å². The fourth-order valence-corrected chi connectivity index (χ4v) is 1.18. The Morgan fingerprint density at radius 2 is 2.20 bits per heavy atom. The van der Waals surface area contributed by atoms with Crippen LogP contribution in [-0.4, -0.2) is 16.3 Å². The minimum absolute atomic E-state index is 0.198. The maximum atomic E-state index is 9.19. The molecule has 58 valence electrons. The van der Waals surface area contributed by atoms with E-state index in [0.29, 0.717) is 18.6 Å². The molecule has 0 heterocycles. The zero-order valence-corrected chi connectivity index (χ0v) is 6.08. The summed E-state index contributed by atoms with van der Waals surface area (Å²) in [5.74, 6) is 0.443. The Labute approximate surface area is 61.2 Å². The van der Waals surface area contributed by atoms with E-state index in [2.05, 4.69) is 0 Å². The molecular weight excluding hydrogens is 128 g/mol. The average Bonchev–Trinajstić information content (AvgIpc) is 1.90. The lowest BCUT2D eigenvalue weighted by atomic mass is 10.0. The van der Waals surface area contributed by atoms with E-state index in [4.69, 9.17) is 5.11 Å². The van der Waals surface area contributed by atoms with Crippen molar-refractivity contribution in [3.63, 3.8) is 0 Å². The molecule has 0 aliphatic heterocycles. The summed E-state index contributed by atoms with van der Waals surface area (Å²) < 4.78 is 0. The molecule has 1 aliphatic rings. The minimum Gasteiger partial charge on any atom is -0.513 e. The van der Waals surface area contributed by atoms with Crippen LogP contribution < -0.4 is 0 Å². The van der Waals surface area contributed by atoms with E-state index in [0.717, 1.165) is 19.3 Å². The van der Waals surface area contributed by atoms with Crippen LogP contribution in [0.4, 0.5) is 0 Å². The molecule has 0 aromatic rings. The number of aliphatic hydroxyl groups is 2. The van der Waals surface area contributed by atoms with Crippen molar-refractivity contribution in [2.24, 2.45) is 0 Å². The molecule has 2 nitrogen and oxygen atoms in total. The van der Waals surface area contributed by atoms with E-state index in [9.17, 15) is 5.11 Å². The first kappa shape index (κ1) is 7.61. The van der Waals surface area contributed by atoms with Crippen molar-refractivity contribution in [3.8, 4) is 0 Å². The van der Waals surface area contributed by atoms with Crippen LogP contribution in [0.2, 0.25) is 0 Å². The molecule has 0 aromatic heterocycles. The van der Waals surface area contributed by atoms with E-state index in [-0.39, 0.29) is 6.10 Å². The summed E-state index contributed by atoms with van der Waals surface area (Å²) in [6, 6.07) is 0. The molecule has 2 heteroatoms. The molecule has 0 fully saturated rings. The van der Waals surface area contributed by atoms with Crippen molar-refractivity contribution < 1.29 is 10.2 Å². The number of hydrogen-bond acceptors (Lipinski definition) is 2. The van der Waals surface area contributed by atoms with Crippen LogP contribution >= 0.6 is 0 Å². The maximum Gasteiger partial charge on any atom is 0.0883 e. The molecule has 0 spiro atoms. The average molecular weight is 142 g/mol. The largest absolute Gasteiger partial charge is 0.513 e. The monoisotopic (exact) mass is 142 g/mol. The van der Waals surface area contributed by atoms with Gasteiger partial charge in [-0.25, -0.2) is 0 Å². The molecule has 1 atom stereocenters. The van der Waals surface area contributed by atoms with Gasteiger partial charge in [-0.05, 0) is 31.8 Å². The van der Waals surface area contributed by atoms with Gasteiger partial charge in [0.25, 0.3) is 0 Å². The Morgan fingerprint density at radius 1 is 1.40 bits per heavy atom. The van der Waals surface area contributed by atoms with Crippen molar-refractivity contribution in [1.82, 2.24) is 0 Å². The maximum absolute atomic E-state index is 9.19. The third kappa shape index (κ3) is 2.40. The van der Waals surface area contributed by atoms with Gasteiger partial charge in [0.15, 0.2) is 0 Å². The number of rotatable bonds is 0. The lowest BCUT2D eigenvalue weighted by Gasteiger charge is -2.11. The highest BCUT2D eigenvalue weighted by atomic mass is 16.3. The fourth-order valence-electron chi connectivity index (χ4n) is 1.18.